The highest BCUT2D eigenvalue weighted by molar-refractivity contribution is 7.09. The lowest BCUT2D eigenvalue weighted by Crippen LogP contribution is -2.49. The van der Waals surface area contributed by atoms with Gasteiger partial charge in [0, 0.05) is 23.8 Å². The van der Waals surface area contributed by atoms with Crippen LogP contribution in [0.5, 0.6) is 0 Å². The number of esters is 1. The Morgan fingerprint density at radius 3 is 2.57 bits per heavy atom. The van der Waals surface area contributed by atoms with E-state index in [9.17, 15) is 19.8 Å². The number of epoxide rings is 1. The molecule has 2 fully saturated rings. The second-order valence-electron chi connectivity index (χ2n) is 10.9. The van der Waals surface area contributed by atoms with Gasteiger partial charge in [0.15, 0.2) is 0 Å². The van der Waals surface area contributed by atoms with Gasteiger partial charge in [-0.2, -0.15) is 0 Å². The highest BCUT2D eigenvalue weighted by Crippen LogP contribution is 2.43. The van der Waals surface area contributed by atoms with Gasteiger partial charge in [-0.1, -0.05) is 20.8 Å². The van der Waals surface area contributed by atoms with Crippen molar-refractivity contribution in [3.63, 3.8) is 0 Å². The summed E-state index contributed by atoms with van der Waals surface area (Å²) in [5.74, 6) is -1.59. The van der Waals surface area contributed by atoms with Gasteiger partial charge >= 0.3 is 5.97 Å². The van der Waals surface area contributed by atoms with Crippen molar-refractivity contribution in [3.8, 4) is 0 Å². The maximum Gasteiger partial charge on any atom is 0.309 e. The fourth-order valence-electron chi connectivity index (χ4n) is 4.73. The quantitative estimate of drug-likeness (QED) is 0.412. The summed E-state index contributed by atoms with van der Waals surface area (Å²) in [7, 11) is 0. The topological polar surface area (TPSA) is 121 Å². The van der Waals surface area contributed by atoms with Crippen LogP contribution in [-0.4, -0.2) is 69.6 Å². The summed E-state index contributed by atoms with van der Waals surface area (Å²) in [6, 6.07) is -0.319. The van der Waals surface area contributed by atoms with Crippen molar-refractivity contribution < 1.29 is 29.3 Å². The second-order valence-corrected chi connectivity index (χ2v) is 12.0. The molecular weight excluding hydrogens is 468 g/mol. The van der Waals surface area contributed by atoms with Gasteiger partial charge in [0.2, 0.25) is 0 Å². The summed E-state index contributed by atoms with van der Waals surface area (Å²) >= 11 is 1.55. The predicted octanol–water partition coefficient (Wildman–Crippen LogP) is 3.04. The Kier molecular flexibility index (Phi) is 8.59. The average molecular weight is 509 g/mol. The number of hydrogen-bond acceptors (Lipinski definition) is 9. The number of ketones is 1. The van der Waals surface area contributed by atoms with Gasteiger partial charge < -0.3 is 25.0 Å². The highest BCUT2D eigenvalue weighted by atomic mass is 32.1. The molecule has 0 aromatic carbocycles. The molecule has 0 saturated carbocycles. The van der Waals surface area contributed by atoms with Crippen molar-refractivity contribution in [2.24, 2.45) is 11.3 Å². The molecule has 35 heavy (non-hydrogen) atoms. The molecular formula is C26H40N2O6S. The van der Waals surface area contributed by atoms with Gasteiger partial charge in [0.1, 0.15) is 11.9 Å². The molecule has 1 aromatic heterocycles. The molecule has 9 heteroatoms. The van der Waals surface area contributed by atoms with Crippen molar-refractivity contribution in [1.29, 1.82) is 0 Å². The molecule has 1 aromatic rings. The normalized spacial score (nSPS) is 37.5. The molecule has 2 unspecified atom stereocenters. The van der Waals surface area contributed by atoms with Crippen LogP contribution < -0.4 is 5.32 Å². The Morgan fingerprint density at radius 2 is 1.94 bits per heavy atom. The first-order chi connectivity index (χ1) is 16.2. The summed E-state index contributed by atoms with van der Waals surface area (Å²) < 4.78 is 11.9. The molecule has 8 nitrogen and oxygen atoms in total. The number of ether oxygens (including phenoxy) is 2. The molecule has 2 aliphatic heterocycles. The number of cyclic esters (lactones) is 1. The van der Waals surface area contributed by atoms with E-state index in [1.54, 1.807) is 32.1 Å². The first-order valence-corrected chi connectivity index (χ1v) is 13.2. The molecule has 2 saturated heterocycles. The third-order valence-electron chi connectivity index (χ3n) is 7.61. The summed E-state index contributed by atoms with van der Waals surface area (Å²) in [4.78, 5) is 30.6. The molecule has 2 aliphatic rings. The van der Waals surface area contributed by atoms with Crippen LogP contribution in [0, 0.1) is 18.3 Å². The number of fused-ring (bicyclic) bond motifs is 1. The van der Waals surface area contributed by atoms with Crippen molar-refractivity contribution in [2.75, 3.05) is 6.54 Å². The number of aryl methyl sites for hydroxylation is 1. The van der Waals surface area contributed by atoms with Crippen molar-refractivity contribution in [1.82, 2.24) is 10.3 Å². The number of Topliss-reactive ketones (excluding diaryl/α,β-unsaturated/α-hetero) is 1. The molecule has 0 aliphatic carbocycles. The predicted molar refractivity (Wildman–Crippen MR) is 135 cm³/mol. The van der Waals surface area contributed by atoms with Gasteiger partial charge in [-0.15, -0.1) is 11.3 Å². The minimum absolute atomic E-state index is 0.0855. The molecule has 0 amide bonds. The molecule has 3 heterocycles. The highest BCUT2D eigenvalue weighted by Gasteiger charge is 2.53. The molecule has 0 radical (unpaired) electrons. The third kappa shape index (κ3) is 6.57. The van der Waals surface area contributed by atoms with Crippen LogP contribution in [0.3, 0.4) is 0 Å². The lowest BCUT2D eigenvalue weighted by atomic mass is 9.74. The Bertz CT molecular complexity index is 959. The van der Waals surface area contributed by atoms with Crippen LogP contribution in [0.15, 0.2) is 11.0 Å². The number of rotatable bonds is 2. The molecule has 3 rings (SSSR count). The molecule has 7 atom stereocenters. The zero-order valence-corrected chi connectivity index (χ0v) is 22.6. The van der Waals surface area contributed by atoms with Crippen LogP contribution >= 0.6 is 11.3 Å². The maximum absolute atomic E-state index is 13.2. The third-order valence-corrected chi connectivity index (χ3v) is 8.40. The molecule has 3 N–H and O–H groups in total. The summed E-state index contributed by atoms with van der Waals surface area (Å²) in [6.45, 7) is 13.2. The number of nitrogens with zero attached hydrogens (tertiary/aromatic N) is 1. The van der Waals surface area contributed by atoms with Crippen molar-refractivity contribution >= 4 is 29.2 Å². The average Bonchev–Trinajstić information content (AvgIpc) is 3.22. The lowest BCUT2D eigenvalue weighted by molar-refractivity contribution is -0.154. The van der Waals surface area contributed by atoms with E-state index in [4.69, 9.17) is 9.47 Å². The minimum atomic E-state index is -1.25. The number of carbonyl (C=O) groups excluding carboxylic acids is 2. The smallest absolute Gasteiger partial charge is 0.309 e. The largest absolute Gasteiger partial charge is 0.458 e. The fourth-order valence-corrected chi connectivity index (χ4v) is 5.30. The monoisotopic (exact) mass is 508 g/mol. The Labute approximate surface area is 212 Å². The van der Waals surface area contributed by atoms with E-state index < -0.39 is 35.6 Å². The molecule has 196 valence electrons. The minimum Gasteiger partial charge on any atom is -0.458 e. The number of thiazole rings is 1. The van der Waals surface area contributed by atoms with E-state index in [1.807, 2.05) is 39.2 Å². The molecule has 0 bridgehead atoms. The summed E-state index contributed by atoms with van der Waals surface area (Å²) in [6.07, 6.45) is -0.00321. The van der Waals surface area contributed by atoms with E-state index in [1.165, 1.54) is 0 Å². The summed E-state index contributed by atoms with van der Waals surface area (Å²) in [5, 5.41) is 27.8. The number of aromatic nitrogens is 1. The Balaban J connectivity index is 1.85. The van der Waals surface area contributed by atoms with Gasteiger partial charge in [0.05, 0.1) is 46.5 Å². The van der Waals surface area contributed by atoms with Crippen LogP contribution in [0.2, 0.25) is 0 Å². The van der Waals surface area contributed by atoms with E-state index in [0.29, 0.717) is 13.0 Å². The van der Waals surface area contributed by atoms with Crippen LogP contribution in [0.4, 0.5) is 0 Å². The van der Waals surface area contributed by atoms with E-state index in [2.05, 4.69) is 10.3 Å². The lowest BCUT2D eigenvalue weighted by Gasteiger charge is -2.34. The number of carbonyl (C=O) groups is 2. The van der Waals surface area contributed by atoms with E-state index >= 15 is 0 Å². The Morgan fingerprint density at radius 1 is 1.26 bits per heavy atom. The van der Waals surface area contributed by atoms with Gasteiger partial charge in [0.25, 0.3) is 0 Å². The van der Waals surface area contributed by atoms with Crippen molar-refractivity contribution in [2.45, 2.75) is 104 Å². The summed E-state index contributed by atoms with van der Waals surface area (Å²) in [5.41, 5.74) is 0.0632. The Hall–Kier alpha value is -1.65. The van der Waals surface area contributed by atoms with Crippen LogP contribution in [-0.2, 0) is 19.1 Å². The first kappa shape index (κ1) is 27.9. The number of nitrogens with one attached hydrogen (secondary N) is 1. The van der Waals surface area contributed by atoms with Crippen LogP contribution in [0.25, 0.3) is 6.08 Å². The second kappa shape index (κ2) is 10.8. The van der Waals surface area contributed by atoms with Gasteiger partial charge in [-0.25, -0.2) is 4.98 Å². The number of aliphatic hydroxyl groups excluding tert-OH is 2. The molecule has 0 spiro atoms. The number of aliphatic hydroxyl groups is 2. The first-order valence-electron chi connectivity index (χ1n) is 12.4. The van der Waals surface area contributed by atoms with Crippen molar-refractivity contribution in [3.05, 3.63) is 21.7 Å². The van der Waals surface area contributed by atoms with Crippen LogP contribution in [0.1, 0.15) is 71.5 Å². The zero-order valence-electron chi connectivity index (χ0n) is 21.8. The zero-order chi connectivity index (χ0) is 26.1. The van der Waals surface area contributed by atoms with Gasteiger partial charge in [-0.05, 0) is 52.3 Å². The van der Waals surface area contributed by atoms with E-state index in [0.717, 1.165) is 22.7 Å². The van der Waals surface area contributed by atoms with E-state index in [-0.39, 0.29) is 30.0 Å². The fraction of sp³-hybridized carbons (Fsp3) is 0.731. The van der Waals surface area contributed by atoms with Gasteiger partial charge in [-0.3, -0.25) is 9.59 Å². The SMILES string of the molecule is CC(=Cc1csc(C)n1)[C@@H]1C[C@@H]2OC2(C)CCNC(C)[C@@H](O)[C@@H](C)C(=O)C(C)(C)[C@@H](O)CC(=O)O1. The number of hydrogen-bond donors (Lipinski definition) is 3. The maximum atomic E-state index is 13.2. The standard InChI is InChI=1S/C26H40N2O6S/c1-14(10-18-13-35-17(4)28-18)19-11-21-26(7,34-21)8-9-27-16(3)23(31)15(2)24(32)25(5,6)20(29)12-22(30)33-19/h10,13,15-16,19-21,23,27,29,31H,8-9,11-12H2,1-7H3/t15-,16?,19+,20+,21+,23+,26?/m1/s1.